The topological polar surface area (TPSA) is 95.5 Å². The van der Waals surface area contributed by atoms with Gasteiger partial charge in [-0.05, 0) is 36.6 Å². The molecule has 8 nitrogen and oxygen atoms in total. The molecule has 198 valence electrons. The molecule has 3 aromatic heterocycles. The number of nitriles is 1. The summed E-state index contributed by atoms with van der Waals surface area (Å²) in [6.07, 6.45) is 7.32. The van der Waals surface area contributed by atoms with E-state index in [0.29, 0.717) is 6.04 Å². The highest BCUT2D eigenvalue weighted by molar-refractivity contribution is 5.82. The molecule has 1 aliphatic rings. The zero-order valence-corrected chi connectivity index (χ0v) is 22.4. The van der Waals surface area contributed by atoms with Gasteiger partial charge in [-0.3, -0.25) is 9.88 Å². The van der Waals surface area contributed by atoms with E-state index in [1.54, 1.807) is 12.4 Å². The van der Waals surface area contributed by atoms with Gasteiger partial charge < -0.3 is 9.88 Å². The Morgan fingerprint density at radius 2 is 1.65 bits per heavy atom. The zero-order valence-electron chi connectivity index (χ0n) is 22.4. The second-order valence-electron chi connectivity index (χ2n) is 10.1. The summed E-state index contributed by atoms with van der Waals surface area (Å²) in [6, 6.07) is 27.4. The van der Waals surface area contributed by atoms with E-state index in [1.165, 1.54) is 5.56 Å². The molecule has 0 amide bonds. The lowest BCUT2D eigenvalue weighted by molar-refractivity contribution is 0.211. The Balaban J connectivity index is 1.17. The van der Waals surface area contributed by atoms with E-state index < -0.39 is 0 Å². The van der Waals surface area contributed by atoms with Gasteiger partial charge in [0.05, 0.1) is 11.4 Å². The molecular formula is C32H30N8. The maximum atomic E-state index is 9.04. The molecule has 0 radical (unpaired) electrons. The molecule has 6 rings (SSSR count). The van der Waals surface area contributed by atoms with Crippen molar-refractivity contribution in [2.75, 3.05) is 18.4 Å². The van der Waals surface area contributed by atoms with Crippen molar-refractivity contribution in [3.8, 4) is 40.0 Å². The van der Waals surface area contributed by atoms with E-state index in [2.05, 4.69) is 85.3 Å². The Kier molecular flexibility index (Phi) is 7.29. The van der Waals surface area contributed by atoms with Gasteiger partial charge in [-0.15, -0.1) is 0 Å². The Hall–Kier alpha value is -4.87. The van der Waals surface area contributed by atoms with Gasteiger partial charge in [0, 0.05) is 68.0 Å². The Morgan fingerprint density at radius 1 is 0.875 bits per heavy atom. The summed E-state index contributed by atoms with van der Waals surface area (Å²) in [7, 11) is 2.08. The number of nitrogens with zero attached hydrogens (tertiary/aromatic N) is 7. The third-order valence-corrected chi connectivity index (χ3v) is 7.39. The smallest absolute Gasteiger partial charge is 0.234 e. The zero-order chi connectivity index (χ0) is 27.3. The fourth-order valence-electron chi connectivity index (χ4n) is 5.34. The van der Waals surface area contributed by atoms with Crippen LogP contribution in [0, 0.1) is 11.3 Å². The number of hydrogen-bond donors (Lipinski definition) is 1. The summed E-state index contributed by atoms with van der Waals surface area (Å²) in [6.45, 7) is 2.92. The van der Waals surface area contributed by atoms with Crippen LogP contribution in [0.25, 0.3) is 33.9 Å². The fourth-order valence-corrected chi connectivity index (χ4v) is 5.34. The van der Waals surface area contributed by atoms with Gasteiger partial charge >= 0.3 is 0 Å². The SMILES string of the molecule is Cn1c(-c2cccnc2)nc(-c2ccccc2)c1-c1ccc(CN2CCC(Nc3ccnc(C#N)n3)CC2)cc1. The summed E-state index contributed by atoms with van der Waals surface area (Å²) in [5.41, 5.74) is 6.57. The Morgan fingerprint density at radius 3 is 2.38 bits per heavy atom. The minimum absolute atomic E-state index is 0.196. The van der Waals surface area contributed by atoms with E-state index in [4.69, 9.17) is 10.2 Å². The van der Waals surface area contributed by atoms with Crippen molar-refractivity contribution in [2.24, 2.45) is 7.05 Å². The van der Waals surface area contributed by atoms with Gasteiger partial charge in [-0.2, -0.15) is 5.26 Å². The molecule has 0 saturated carbocycles. The van der Waals surface area contributed by atoms with E-state index >= 15 is 0 Å². The van der Waals surface area contributed by atoms with Crippen molar-refractivity contribution >= 4 is 5.82 Å². The first-order valence-corrected chi connectivity index (χ1v) is 13.5. The highest BCUT2D eigenvalue weighted by Gasteiger charge is 2.21. The monoisotopic (exact) mass is 526 g/mol. The number of hydrogen-bond acceptors (Lipinski definition) is 7. The van der Waals surface area contributed by atoms with E-state index in [1.807, 2.05) is 36.5 Å². The molecule has 5 aromatic rings. The lowest BCUT2D eigenvalue weighted by Crippen LogP contribution is -2.38. The summed E-state index contributed by atoms with van der Waals surface area (Å²) >= 11 is 0. The van der Waals surface area contributed by atoms with Crippen LogP contribution in [-0.2, 0) is 13.6 Å². The van der Waals surface area contributed by atoms with E-state index in [-0.39, 0.29) is 5.82 Å². The third kappa shape index (κ3) is 5.46. The molecular weight excluding hydrogens is 496 g/mol. The summed E-state index contributed by atoms with van der Waals surface area (Å²) in [5.74, 6) is 1.81. The molecule has 0 atom stereocenters. The second kappa shape index (κ2) is 11.5. The molecule has 0 bridgehead atoms. The second-order valence-corrected chi connectivity index (χ2v) is 10.1. The van der Waals surface area contributed by atoms with Crippen LogP contribution in [0.3, 0.4) is 0 Å². The van der Waals surface area contributed by atoms with E-state index in [9.17, 15) is 0 Å². The first-order valence-electron chi connectivity index (χ1n) is 13.5. The minimum atomic E-state index is 0.196. The van der Waals surface area contributed by atoms with Gasteiger partial charge in [-0.1, -0.05) is 54.6 Å². The number of anilines is 1. The molecule has 1 N–H and O–H groups in total. The standard InChI is InChI=1S/C32H30N8/c1-39-31(30(24-6-3-2-4-7-24)38-32(39)26-8-5-16-34-21-26)25-11-9-23(10-12-25)22-40-18-14-27(15-19-40)36-28-13-17-35-29(20-33)37-28/h2-13,16-17,21,27H,14-15,18-19,22H2,1H3,(H,35,36,37). The predicted octanol–water partition coefficient (Wildman–Crippen LogP) is 5.55. The minimum Gasteiger partial charge on any atom is -0.367 e. The first kappa shape index (κ1) is 25.4. The number of pyridine rings is 1. The van der Waals surface area contributed by atoms with Crippen molar-refractivity contribution in [3.05, 3.63) is 103 Å². The summed E-state index contributed by atoms with van der Waals surface area (Å²) in [5, 5.41) is 12.5. The number of likely N-dealkylation sites (tertiary alicyclic amines) is 1. The van der Waals surface area contributed by atoms with Crippen LogP contribution >= 0.6 is 0 Å². The van der Waals surface area contributed by atoms with Gasteiger partial charge in [0.2, 0.25) is 5.82 Å². The molecule has 1 aliphatic heterocycles. The lowest BCUT2D eigenvalue weighted by atomic mass is 10.0. The largest absolute Gasteiger partial charge is 0.367 e. The number of benzene rings is 2. The molecule has 0 unspecified atom stereocenters. The first-order chi connectivity index (χ1) is 19.7. The van der Waals surface area contributed by atoms with Gasteiger partial charge in [0.15, 0.2) is 0 Å². The number of piperidine rings is 1. The molecule has 0 aliphatic carbocycles. The number of aromatic nitrogens is 5. The van der Waals surface area contributed by atoms with Crippen LogP contribution in [-0.4, -0.2) is 48.5 Å². The molecule has 1 fully saturated rings. The van der Waals surface area contributed by atoms with Gasteiger partial charge in [0.25, 0.3) is 0 Å². The number of nitrogens with one attached hydrogen (secondary N) is 1. The summed E-state index contributed by atoms with van der Waals surface area (Å²) in [4.78, 5) is 20.1. The highest BCUT2D eigenvalue weighted by Crippen LogP contribution is 2.35. The lowest BCUT2D eigenvalue weighted by Gasteiger charge is -2.32. The van der Waals surface area contributed by atoms with Crippen LogP contribution < -0.4 is 5.32 Å². The summed E-state index contributed by atoms with van der Waals surface area (Å²) < 4.78 is 2.17. The normalized spacial score (nSPS) is 14.1. The van der Waals surface area contributed by atoms with Gasteiger partial charge in [0.1, 0.15) is 17.7 Å². The van der Waals surface area contributed by atoms with Crippen molar-refractivity contribution in [1.82, 2.24) is 29.4 Å². The average Bonchev–Trinajstić information content (AvgIpc) is 3.36. The maximum absolute atomic E-state index is 9.04. The molecule has 0 spiro atoms. The quantitative estimate of drug-likeness (QED) is 0.297. The number of rotatable bonds is 7. The van der Waals surface area contributed by atoms with Crippen LogP contribution in [0.1, 0.15) is 24.2 Å². The molecule has 8 heteroatoms. The fraction of sp³-hybridized carbons (Fsp3) is 0.219. The molecule has 4 heterocycles. The average molecular weight is 527 g/mol. The van der Waals surface area contributed by atoms with Gasteiger partial charge in [-0.25, -0.2) is 15.0 Å². The van der Waals surface area contributed by atoms with Crippen molar-refractivity contribution in [2.45, 2.75) is 25.4 Å². The van der Waals surface area contributed by atoms with Crippen LogP contribution in [0.15, 0.2) is 91.4 Å². The molecule has 2 aromatic carbocycles. The third-order valence-electron chi connectivity index (χ3n) is 7.39. The van der Waals surface area contributed by atoms with Crippen molar-refractivity contribution in [1.29, 1.82) is 5.26 Å². The molecule has 1 saturated heterocycles. The number of imidazole rings is 1. The van der Waals surface area contributed by atoms with Crippen LogP contribution in [0.4, 0.5) is 5.82 Å². The van der Waals surface area contributed by atoms with Crippen molar-refractivity contribution < 1.29 is 0 Å². The van der Waals surface area contributed by atoms with Crippen LogP contribution in [0.2, 0.25) is 0 Å². The Labute approximate surface area is 234 Å². The van der Waals surface area contributed by atoms with Crippen molar-refractivity contribution in [3.63, 3.8) is 0 Å². The highest BCUT2D eigenvalue weighted by atomic mass is 15.1. The van der Waals surface area contributed by atoms with E-state index in [0.717, 1.165) is 72.2 Å². The maximum Gasteiger partial charge on any atom is 0.234 e. The Bertz CT molecular complexity index is 1610. The predicted molar refractivity (Wildman–Crippen MR) is 156 cm³/mol. The van der Waals surface area contributed by atoms with Crippen LogP contribution in [0.5, 0.6) is 0 Å². The molecule has 40 heavy (non-hydrogen) atoms.